The summed E-state index contributed by atoms with van der Waals surface area (Å²) in [7, 11) is 6.12. The van der Waals surface area contributed by atoms with E-state index < -0.39 is 0 Å². The molecule has 19 heavy (non-hydrogen) atoms. The van der Waals surface area contributed by atoms with E-state index in [-0.39, 0.29) is 0 Å². The molecule has 0 amide bonds. The molecule has 0 heterocycles. The quantitative estimate of drug-likeness (QED) is 0.895. The number of nitrogens with one attached hydrogen (secondary N) is 1. The Kier molecular flexibility index (Phi) is 4.23. The van der Waals surface area contributed by atoms with Gasteiger partial charge in [0.25, 0.3) is 0 Å². The van der Waals surface area contributed by atoms with Crippen molar-refractivity contribution in [3.05, 3.63) is 54.1 Å². The SMILES string of the molecule is CNC(C)c1ccccc1-c1ccc(N(C)C)cc1. The highest BCUT2D eigenvalue weighted by atomic mass is 15.1. The number of hydrogen-bond donors (Lipinski definition) is 1. The van der Waals surface area contributed by atoms with Crippen LogP contribution in [0.1, 0.15) is 18.5 Å². The first-order chi connectivity index (χ1) is 9.13. The highest BCUT2D eigenvalue weighted by Crippen LogP contribution is 2.29. The van der Waals surface area contributed by atoms with Crippen molar-refractivity contribution in [1.82, 2.24) is 5.32 Å². The van der Waals surface area contributed by atoms with E-state index in [9.17, 15) is 0 Å². The molecule has 0 saturated carbocycles. The maximum atomic E-state index is 3.31. The van der Waals surface area contributed by atoms with Crippen molar-refractivity contribution in [2.75, 3.05) is 26.0 Å². The van der Waals surface area contributed by atoms with Gasteiger partial charge in [-0.1, -0.05) is 36.4 Å². The molecular weight excluding hydrogens is 232 g/mol. The van der Waals surface area contributed by atoms with Crippen LogP contribution in [-0.4, -0.2) is 21.1 Å². The molecular formula is C17H22N2. The van der Waals surface area contributed by atoms with Gasteiger partial charge in [-0.05, 0) is 42.8 Å². The molecule has 2 aromatic carbocycles. The van der Waals surface area contributed by atoms with Crippen molar-refractivity contribution < 1.29 is 0 Å². The van der Waals surface area contributed by atoms with Crippen LogP contribution in [0.5, 0.6) is 0 Å². The van der Waals surface area contributed by atoms with Gasteiger partial charge in [0.05, 0.1) is 0 Å². The van der Waals surface area contributed by atoms with Crippen LogP contribution in [-0.2, 0) is 0 Å². The lowest BCUT2D eigenvalue weighted by Crippen LogP contribution is -2.13. The Morgan fingerprint density at radius 1 is 0.947 bits per heavy atom. The molecule has 0 bridgehead atoms. The highest BCUT2D eigenvalue weighted by molar-refractivity contribution is 5.70. The first-order valence-electron chi connectivity index (χ1n) is 6.67. The Bertz CT molecular complexity index is 529. The molecule has 2 aromatic rings. The van der Waals surface area contributed by atoms with Crippen molar-refractivity contribution in [2.45, 2.75) is 13.0 Å². The molecule has 0 saturated heterocycles. The van der Waals surface area contributed by atoms with Crippen molar-refractivity contribution in [3.8, 4) is 11.1 Å². The average molecular weight is 254 g/mol. The fourth-order valence-corrected chi connectivity index (χ4v) is 2.23. The third-order valence-electron chi connectivity index (χ3n) is 3.56. The summed E-state index contributed by atoms with van der Waals surface area (Å²) in [6, 6.07) is 17.6. The molecule has 1 N–H and O–H groups in total. The summed E-state index contributed by atoms with van der Waals surface area (Å²) in [5.41, 5.74) is 5.13. The monoisotopic (exact) mass is 254 g/mol. The number of benzene rings is 2. The fraction of sp³-hybridized carbons (Fsp3) is 0.294. The van der Waals surface area contributed by atoms with Crippen LogP contribution in [0.2, 0.25) is 0 Å². The zero-order chi connectivity index (χ0) is 13.8. The zero-order valence-electron chi connectivity index (χ0n) is 12.1. The predicted molar refractivity (Wildman–Crippen MR) is 83.7 cm³/mol. The minimum atomic E-state index is 0.352. The molecule has 2 rings (SSSR count). The second-order valence-electron chi connectivity index (χ2n) is 5.04. The number of rotatable bonds is 4. The summed E-state index contributed by atoms with van der Waals surface area (Å²) < 4.78 is 0. The van der Waals surface area contributed by atoms with Gasteiger partial charge in [0.15, 0.2) is 0 Å². The molecule has 0 fully saturated rings. The van der Waals surface area contributed by atoms with Gasteiger partial charge in [-0.2, -0.15) is 0 Å². The minimum absolute atomic E-state index is 0.352. The summed E-state index contributed by atoms with van der Waals surface area (Å²) in [4.78, 5) is 2.12. The Labute approximate surface area is 116 Å². The van der Waals surface area contributed by atoms with Gasteiger partial charge >= 0.3 is 0 Å². The van der Waals surface area contributed by atoms with E-state index in [0.29, 0.717) is 6.04 Å². The van der Waals surface area contributed by atoms with E-state index in [2.05, 4.69) is 79.8 Å². The van der Waals surface area contributed by atoms with E-state index in [0.717, 1.165) is 0 Å². The Morgan fingerprint density at radius 3 is 2.16 bits per heavy atom. The van der Waals surface area contributed by atoms with Crippen LogP contribution < -0.4 is 10.2 Å². The molecule has 1 atom stereocenters. The van der Waals surface area contributed by atoms with Gasteiger partial charge in [-0.15, -0.1) is 0 Å². The van der Waals surface area contributed by atoms with Crippen LogP contribution in [0, 0.1) is 0 Å². The first-order valence-corrected chi connectivity index (χ1v) is 6.67. The van der Waals surface area contributed by atoms with Crippen molar-refractivity contribution >= 4 is 5.69 Å². The molecule has 0 aromatic heterocycles. The molecule has 0 radical (unpaired) electrons. The average Bonchev–Trinajstić information content (AvgIpc) is 2.46. The van der Waals surface area contributed by atoms with Gasteiger partial charge in [-0.3, -0.25) is 0 Å². The topological polar surface area (TPSA) is 15.3 Å². The summed E-state index contributed by atoms with van der Waals surface area (Å²) in [6.07, 6.45) is 0. The van der Waals surface area contributed by atoms with Crippen LogP contribution in [0.4, 0.5) is 5.69 Å². The molecule has 2 heteroatoms. The van der Waals surface area contributed by atoms with E-state index >= 15 is 0 Å². The molecule has 2 nitrogen and oxygen atoms in total. The Morgan fingerprint density at radius 2 is 1.58 bits per heavy atom. The summed E-state index contributed by atoms with van der Waals surface area (Å²) in [6.45, 7) is 2.19. The Hall–Kier alpha value is -1.80. The normalized spacial score (nSPS) is 12.2. The third-order valence-corrected chi connectivity index (χ3v) is 3.56. The second kappa shape index (κ2) is 5.89. The molecule has 1 unspecified atom stereocenters. The zero-order valence-corrected chi connectivity index (χ0v) is 12.1. The van der Waals surface area contributed by atoms with Crippen LogP contribution in [0.25, 0.3) is 11.1 Å². The van der Waals surface area contributed by atoms with Crippen LogP contribution in [0.3, 0.4) is 0 Å². The van der Waals surface area contributed by atoms with Gasteiger partial charge < -0.3 is 10.2 Å². The molecule has 0 aliphatic heterocycles. The maximum absolute atomic E-state index is 3.31. The van der Waals surface area contributed by atoms with Crippen molar-refractivity contribution in [1.29, 1.82) is 0 Å². The molecule has 0 aliphatic rings. The number of hydrogen-bond acceptors (Lipinski definition) is 2. The standard InChI is InChI=1S/C17H22N2/c1-13(18-2)16-7-5-6-8-17(16)14-9-11-15(12-10-14)19(3)4/h5-13,18H,1-4H3. The van der Waals surface area contributed by atoms with E-state index in [1.165, 1.54) is 22.4 Å². The van der Waals surface area contributed by atoms with Crippen LogP contribution >= 0.6 is 0 Å². The number of nitrogens with zero attached hydrogens (tertiary/aromatic N) is 1. The minimum Gasteiger partial charge on any atom is -0.378 e. The van der Waals surface area contributed by atoms with Gasteiger partial charge in [0, 0.05) is 25.8 Å². The van der Waals surface area contributed by atoms with Gasteiger partial charge in [0.1, 0.15) is 0 Å². The van der Waals surface area contributed by atoms with Crippen molar-refractivity contribution in [2.24, 2.45) is 0 Å². The first kappa shape index (κ1) is 13.6. The largest absolute Gasteiger partial charge is 0.378 e. The summed E-state index contributed by atoms with van der Waals surface area (Å²) in [5.74, 6) is 0. The smallest absolute Gasteiger partial charge is 0.0361 e. The lowest BCUT2D eigenvalue weighted by molar-refractivity contribution is 0.654. The third kappa shape index (κ3) is 2.96. The molecule has 100 valence electrons. The predicted octanol–water partition coefficient (Wildman–Crippen LogP) is 3.70. The number of anilines is 1. The summed E-state index contributed by atoms with van der Waals surface area (Å²) in [5, 5.41) is 3.31. The lowest BCUT2D eigenvalue weighted by Gasteiger charge is -2.17. The highest BCUT2D eigenvalue weighted by Gasteiger charge is 2.09. The van der Waals surface area contributed by atoms with E-state index in [1.54, 1.807) is 0 Å². The molecule has 0 aliphatic carbocycles. The van der Waals surface area contributed by atoms with Gasteiger partial charge in [-0.25, -0.2) is 0 Å². The van der Waals surface area contributed by atoms with Crippen LogP contribution in [0.15, 0.2) is 48.5 Å². The summed E-state index contributed by atoms with van der Waals surface area (Å²) >= 11 is 0. The lowest BCUT2D eigenvalue weighted by atomic mass is 9.95. The maximum Gasteiger partial charge on any atom is 0.0361 e. The van der Waals surface area contributed by atoms with E-state index in [1.807, 2.05) is 7.05 Å². The fourth-order valence-electron chi connectivity index (χ4n) is 2.23. The van der Waals surface area contributed by atoms with Gasteiger partial charge in [0.2, 0.25) is 0 Å². The Balaban J connectivity index is 2.41. The van der Waals surface area contributed by atoms with E-state index in [4.69, 9.17) is 0 Å². The van der Waals surface area contributed by atoms with Crippen molar-refractivity contribution in [3.63, 3.8) is 0 Å². The molecule has 0 spiro atoms. The second-order valence-corrected chi connectivity index (χ2v) is 5.04.